The number of amides is 2. The fraction of sp³-hybridized carbons (Fsp3) is 0.533. The molecule has 1 heterocycles. The molecule has 104 valence electrons. The minimum absolute atomic E-state index is 0.00273. The van der Waals surface area contributed by atoms with Gasteiger partial charge in [0.05, 0.1) is 0 Å². The van der Waals surface area contributed by atoms with Crippen molar-refractivity contribution in [3.63, 3.8) is 0 Å². The first-order valence-electron chi connectivity index (χ1n) is 6.92. The van der Waals surface area contributed by atoms with Gasteiger partial charge in [-0.15, -0.1) is 0 Å². The summed E-state index contributed by atoms with van der Waals surface area (Å²) in [7, 11) is 0. The van der Waals surface area contributed by atoms with Crippen molar-refractivity contribution in [3.8, 4) is 0 Å². The monoisotopic (exact) mass is 264 g/mol. The number of halogens is 1. The van der Waals surface area contributed by atoms with Crippen LogP contribution in [0.5, 0.6) is 0 Å². The van der Waals surface area contributed by atoms with E-state index in [0.717, 1.165) is 25.1 Å². The molecule has 1 unspecified atom stereocenters. The number of carbonyl (C=O) groups is 1. The summed E-state index contributed by atoms with van der Waals surface area (Å²) in [6.45, 7) is 4.40. The van der Waals surface area contributed by atoms with Gasteiger partial charge in [0, 0.05) is 19.6 Å². The summed E-state index contributed by atoms with van der Waals surface area (Å²) >= 11 is 0. The maximum atomic E-state index is 13.0. The zero-order valence-electron chi connectivity index (χ0n) is 11.4. The number of hydrogen-bond donors (Lipinski definition) is 1. The molecule has 1 fully saturated rings. The maximum absolute atomic E-state index is 13.0. The van der Waals surface area contributed by atoms with E-state index in [1.807, 2.05) is 11.0 Å². The third-order valence-corrected chi connectivity index (χ3v) is 3.52. The lowest BCUT2D eigenvalue weighted by atomic mass is 10.0. The first kappa shape index (κ1) is 13.8. The first-order chi connectivity index (χ1) is 9.15. The van der Waals surface area contributed by atoms with Crippen LogP contribution in [0, 0.1) is 11.7 Å². The van der Waals surface area contributed by atoms with Crippen LogP contribution in [0.4, 0.5) is 9.18 Å². The molecule has 0 saturated carbocycles. The van der Waals surface area contributed by atoms with Gasteiger partial charge >= 0.3 is 6.03 Å². The molecule has 4 heteroatoms. The average Bonchev–Trinajstić information content (AvgIpc) is 2.38. The number of urea groups is 1. The van der Waals surface area contributed by atoms with Crippen molar-refractivity contribution in [1.29, 1.82) is 0 Å². The first-order valence-corrected chi connectivity index (χ1v) is 6.92. The Kier molecular flexibility index (Phi) is 4.77. The maximum Gasteiger partial charge on any atom is 0.317 e. The lowest BCUT2D eigenvalue weighted by Gasteiger charge is -2.30. The molecule has 0 radical (unpaired) electrons. The van der Waals surface area contributed by atoms with Gasteiger partial charge in [0.2, 0.25) is 0 Å². The highest BCUT2D eigenvalue weighted by Crippen LogP contribution is 2.15. The van der Waals surface area contributed by atoms with E-state index in [2.05, 4.69) is 12.2 Å². The van der Waals surface area contributed by atoms with Gasteiger partial charge < -0.3 is 10.2 Å². The molecule has 1 atom stereocenters. The molecular formula is C15H21FN2O. The molecule has 1 aliphatic rings. The smallest absolute Gasteiger partial charge is 0.317 e. The van der Waals surface area contributed by atoms with Crippen molar-refractivity contribution in [1.82, 2.24) is 10.2 Å². The number of benzene rings is 1. The van der Waals surface area contributed by atoms with E-state index in [0.29, 0.717) is 18.9 Å². The van der Waals surface area contributed by atoms with E-state index in [-0.39, 0.29) is 11.8 Å². The number of likely N-dealkylation sites (tertiary alicyclic amines) is 1. The van der Waals surface area contributed by atoms with Crippen molar-refractivity contribution in [2.45, 2.75) is 26.2 Å². The molecule has 2 amide bonds. The van der Waals surface area contributed by atoms with Gasteiger partial charge in [0.1, 0.15) is 5.82 Å². The quantitative estimate of drug-likeness (QED) is 0.894. The third-order valence-electron chi connectivity index (χ3n) is 3.52. The van der Waals surface area contributed by atoms with E-state index >= 15 is 0 Å². The van der Waals surface area contributed by atoms with E-state index in [4.69, 9.17) is 0 Å². The highest BCUT2D eigenvalue weighted by Gasteiger charge is 2.20. The van der Waals surface area contributed by atoms with Crippen molar-refractivity contribution < 1.29 is 9.18 Å². The molecule has 1 saturated heterocycles. The van der Waals surface area contributed by atoms with Gasteiger partial charge in [-0.25, -0.2) is 9.18 Å². The highest BCUT2D eigenvalue weighted by atomic mass is 19.1. The second-order valence-electron chi connectivity index (χ2n) is 5.31. The molecule has 1 N–H and O–H groups in total. The van der Waals surface area contributed by atoms with Gasteiger partial charge in [-0.1, -0.05) is 19.1 Å². The largest absolute Gasteiger partial charge is 0.338 e. The molecule has 0 aliphatic carbocycles. The molecule has 0 bridgehead atoms. The lowest BCUT2D eigenvalue weighted by Crippen LogP contribution is -2.45. The normalized spacial score (nSPS) is 19.3. The number of nitrogens with zero attached hydrogens (tertiary/aromatic N) is 1. The Morgan fingerprint density at radius 3 is 3.11 bits per heavy atom. The van der Waals surface area contributed by atoms with Gasteiger partial charge in [-0.3, -0.25) is 0 Å². The van der Waals surface area contributed by atoms with Crippen molar-refractivity contribution in [3.05, 3.63) is 35.6 Å². The predicted molar refractivity (Wildman–Crippen MR) is 73.5 cm³/mol. The second-order valence-corrected chi connectivity index (χ2v) is 5.31. The Labute approximate surface area is 113 Å². The minimum atomic E-state index is -0.228. The summed E-state index contributed by atoms with van der Waals surface area (Å²) in [5, 5.41) is 2.91. The zero-order chi connectivity index (χ0) is 13.7. The number of nitrogens with one attached hydrogen (secondary N) is 1. The highest BCUT2D eigenvalue weighted by molar-refractivity contribution is 5.74. The topological polar surface area (TPSA) is 32.3 Å². The summed E-state index contributed by atoms with van der Waals surface area (Å²) in [4.78, 5) is 13.8. The van der Waals surface area contributed by atoms with Gasteiger partial charge in [0.25, 0.3) is 0 Å². The van der Waals surface area contributed by atoms with Crippen LogP contribution < -0.4 is 5.32 Å². The number of carbonyl (C=O) groups excluding carboxylic acids is 1. The van der Waals surface area contributed by atoms with Crippen LogP contribution in [-0.4, -0.2) is 30.6 Å². The number of hydrogen-bond acceptors (Lipinski definition) is 1. The van der Waals surface area contributed by atoms with Crippen LogP contribution in [0.25, 0.3) is 0 Å². The summed E-state index contributed by atoms with van der Waals surface area (Å²) in [6, 6.07) is 6.51. The average molecular weight is 264 g/mol. The second kappa shape index (κ2) is 6.55. The van der Waals surface area contributed by atoms with Crippen LogP contribution in [-0.2, 0) is 6.42 Å². The van der Waals surface area contributed by atoms with Crippen molar-refractivity contribution in [2.24, 2.45) is 5.92 Å². The predicted octanol–water partition coefficient (Wildman–Crippen LogP) is 2.81. The van der Waals surface area contributed by atoms with E-state index < -0.39 is 0 Å². The molecule has 1 aromatic carbocycles. The third kappa shape index (κ3) is 4.23. The SMILES string of the molecule is CC1CCCN(C(=O)NCCc2cccc(F)c2)C1. The molecule has 3 nitrogen and oxygen atoms in total. The molecule has 2 rings (SSSR count). The Morgan fingerprint density at radius 2 is 2.37 bits per heavy atom. The van der Waals surface area contributed by atoms with Gasteiger partial charge in [-0.05, 0) is 42.9 Å². The molecule has 0 spiro atoms. The molecular weight excluding hydrogens is 243 g/mol. The van der Waals surface area contributed by atoms with E-state index in [9.17, 15) is 9.18 Å². The molecule has 0 aromatic heterocycles. The number of rotatable bonds is 3. The Bertz CT molecular complexity index is 436. The molecule has 19 heavy (non-hydrogen) atoms. The summed E-state index contributed by atoms with van der Waals surface area (Å²) in [5.74, 6) is 0.358. The zero-order valence-corrected chi connectivity index (χ0v) is 11.4. The summed E-state index contributed by atoms with van der Waals surface area (Å²) in [6.07, 6.45) is 2.94. The Morgan fingerprint density at radius 1 is 1.53 bits per heavy atom. The Hall–Kier alpha value is -1.58. The van der Waals surface area contributed by atoms with Crippen molar-refractivity contribution >= 4 is 6.03 Å². The van der Waals surface area contributed by atoms with Crippen LogP contribution >= 0.6 is 0 Å². The van der Waals surface area contributed by atoms with Crippen molar-refractivity contribution in [2.75, 3.05) is 19.6 Å². The van der Waals surface area contributed by atoms with Gasteiger partial charge in [-0.2, -0.15) is 0 Å². The van der Waals surface area contributed by atoms with Crippen LogP contribution in [0.15, 0.2) is 24.3 Å². The summed E-state index contributed by atoms with van der Waals surface area (Å²) < 4.78 is 13.0. The van der Waals surface area contributed by atoms with Crippen LogP contribution in [0.2, 0.25) is 0 Å². The number of piperidine rings is 1. The van der Waals surface area contributed by atoms with Crippen LogP contribution in [0.3, 0.4) is 0 Å². The lowest BCUT2D eigenvalue weighted by molar-refractivity contribution is 0.170. The van der Waals surface area contributed by atoms with E-state index in [1.54, 1.807) is 6.07 Å². The molecule has 1 aliphatic heterocycles. The van der Waals surface area contributed by atoms with E-state index in [1.165, 1.54) is 18.6 Å². The molecule has 1 aromatic rings. The minimum Gasteiger partial charge on any atom is -0.338 e. The Balaban J connectivity index is 1.74. The summed E-state index contributed by atoms with van der Waals surface area (Å²) in [5.41, 5.74) is 0.910. The standard InChI is InChI=1S/C15H21FN2O/c1-12-4-3-9-18(11-12)15(19)17-8-7-13-5-2-6-14(16)10-13/h2,5-6,10,12H,3-4,7-9,11H2,1H3,(H,17,19). The van der Waals surface area contributed by atoms with Gasteiger partial charge in [0.15, 0.2) is 0 Å². The fourth-order valence-corrected chi connectivity index (χ4v) is 2.49. The fourth-order valence-electron chi connectivity index (χ4n) is 2.49. The van der Waals surface area contributed by atoms with Crippen LogP contribution in [0.1, 0.15) is 25.3 Å².